The summed E-state index contributed by atoms with van der Waals surface area (Å²) < 4.78 is 1.84. The quantitative estimate of drug-likeness (QED) is 0.0380. The van der Waals surface area contributed by atoms with Crippen molar-refractivity contribution in [3.05, 3.63) is 49.7 Å². The SMILES string of the molecule is O=C(CCC(O)CNC(=O)c1c(I)c(NCO)c(I)c(C(=O)N(CCO)CC(O)CO)c1I)NN(CC(O)CO)C(=O)c1c(I)cc(I)c(C(=O)NCC(O)CO)c1I. The average molecular weight is 1510 g/mol. The maximum Gasteiger partial charge on any atom is 0.274 e. The minimum Gasteiger partial charge on any atom is -0.395 e. The number of carbonyl (C=O) groups is 5. The molecule has 13 N–H and O–H groups in total. The van der Waals surface area contributed by atoms with E-state index in [0.717, 1.165) is 9.91 Å². The van der Waals surface area contributed by atoms with Crippen LogP contribution in [0.2, 0.25) is 0 Å². The Bertz CT molecular complexity index is 1830. The summed E-state index contributed by atoms with van der Waals surface area (Å²) in [5, 5.41) is 96.4. The van der Waals surface area contributed by atoms with Crippen molar-refractivity contribution in [1.29, 1.82) is 0 Å². The van der Waals surface area contributed by atoms with Crippen LogP contribution >= 0.6 is 136 Å². The van der Waals surface area contributed by atoms with Crippen LogP contribution in [0.1, 0.15) is 54.3 Å². The number of rotatable bonds is 22. The summed E-state index contributed by atoms with van der Waals surface area (Å²) in [4.78, 5) is 68.5. The van der Waals surface area contributed by atoms with E-state index in [1.807, 2.05) is 90.4 Å². The highest BCUT2D eigenvalue weighted by molar-refractivity contribution is 14.1. The number of amides is 5. The zero-order valence-corrected chi connectivity index (χ0v) is 43.5. The molecule has 0 spiro atoms. The molecule has 4 unspecified atom stereocenters. The number of aliphatic hydroxyl groups is 9. The number of hydrogen-bond acceptors (Lipinski definition) is 15. The second-order valence-electron chi connectivity index (χ2n) is 12.4. The number of benzene rings is 2. The van der Waals surface area contributed by atoms with Gasteiger partial charge in [-0.1, -0.05) is 0 Å². The molecule has 0 saturated carbocycles. The lowest BCUT2D eigenvalue weighted by molar-refractivity contribution is -0.126. The zero-order valence-electron chi connectivity index (χ0n) is 30.6. The van der Waals surface area contributed by atoms with Crippen LogP contribution in [0.5, 0.6) is 0 Å². The predicted octanol–water partition coefficient (Wildman–Crippen LogP) is -1.06. The number of nitrogens with one attached hydrogen (secondary N) is 4. The van der Waals surface area contributed by atoms with Gasteiger partial charge in [0.05, 0.1) is 92.5 Å². The van der Waals surface area contributed by atoms with Crippen LogP contribution in [0.15, 0.2) is 6.07 Å². The Kier molecular flexibility index (Phi) is 25.1. The molecule has 2 rings (SSSR count). The molecular formula is C33H42I6N6O14. The molecule has 0 heterocycles. The molecule has 0 aliphatic heterocycles. The Labute approximate surface area is 419 Å². The van der Waals surface area contributed by atoms with Gasteiger partial charge in [0.1, 0.15) is 6.73 Å². The van der Waals surface area contributed by atoms with E-state index in [9.17, 15) is 64.8 Å². The molecule has 0 aliphatic carbocycles. The molecule has 0 fully saturated rings. The maximum atomic E-state index is 13.9. The molecule has 4 atom stereocenters. The van der Waals surface area contributed by atoms with Crippen molar-refractivity contribution in [2.24, 2.45) is 0 Å². The van der Waals surface area contributed by atoms with Crippen LogP contribution in [0.25, 0.3) is 0 Å². The Morgan fingerprint density at radius 1 is 0.610 bits per heavy atom. The Balaban J connectivity index is 2.28. The first-order valence-electron chi connectivity index (χ1n) is 17.1. The molecule has 0 aliphatic rings. The van der Waals surface area contributed by atoms with E-state index < -0.39 is 93.7 Å². The second kappa shape index (κ2) is 27.1. The monoisotopic (exact) mass is 1510 g/mol. The molecule has 0 radical (unpaired) electrons. The van der Waals surface area contributed by atoms with Crippen molar-refractivity contribution in [2.45, 2.75) is 37.3 Å². The third kappa shape index (κ3) is 15.7. The van der Waals surface area contributed by atoms with Crippen molar-refractivity contribution >= 4 is 171 Å². The standard InChI is InChI=1S/C33H42I6N6O14/c34-18-5-19(35)22(25(36)21(18)30(56)41-7-15(52)10-47)33(59)45(9-17(54)12-49)43-20(55)2-1-14(51)6-40-31(57)23-26(37)24(28(39)29(27(23)38)42-13-50)32(58)44(3-4-46)8-16(53)11-48/h5,14-17,42,46-54H,1-4,6-13H2,(H,40,57)(H,41,56)(H,43,55). The molecule has 330 valence electrons. The molecule has 2 aromatic rings. The molecule has 26 heteroatoms. The van der Waals surface area contributed by atoms with Gasteiger partial charge in [-0.25, -0.2) is 5.01 Å². The fourth-order valence-corrected chi connectivity index (χ4v) is 13.8. The third-order valence-corrected chi connectivity index (χ3v) is 14.0. The Morgan fingerprint density at radius 2 is 1.12 bits per heavy atom. The minimum absolute atomic E-state index is 0.00219. The molecule has 0 saturated heterocycles. The van der Waals surface area contributed by atoms with Crippen LogP contribution < -0.4 is 21.4 Å². The van der Waals surface area contributed by atoms with Crippen molar-refractivity contribution in [2.75, 3.05) is 71.2 Å². The molecular weight excluding hydrogens is 1470 g/mol. The Morgan fingerprint density at radius 3 is 1.68 bits per heavy atom. The molecule has 0 aromatic heterocycles. The third-order valence-electron chi connectivity index (χ3n) is 7.94. The normalized spacial score (nSPS) is 13.2. The number of hydrazine groups is 1. The van der Waals surface area contributed by atoms with E-state index in [2.05, 4.69) is 21.4 Å². The maximum absolute atomic E-state index is 13.9. The summed E-state index contributed by atoms with van der Waals surface area (Å²) in [7, 11) is 0. The van der Waals surface area contributed by atoms with E-state index >= 15 is 0 Å². The highest BCUT2D eigenvalue weighted by Gasteiger charge is 2.32. The highest BCUT2D eigenvalue weighted by atomic mass is 127. The number of nitrogens with zero attached hydrogens (tertiary/aromatic N) is 2. The molecule has 20 nitrogen and oxygen atoms in total. The van der Waals surface area contributed by atoms with Crippen molar-refractivity contribution in [3.8, 4) is 0 Å². The molecule has 5 amide bonds. The smallest absolute Gasteiger partial charge is 0.274 e. The first-order valence-corrected chi connectivity index (χ1v) is 23.6. The van der Waals surface area contributed by atoms with Gasteiger partial charge in [0.15, 0.2) is 0 Å². The van der Waals surface area contributed by atoms with Gasteiger partial charge in [-0.3, -0.25) is 29.4 Å². The van der Waals surface area contributed by atoms with Gasteiger partial charge in [0, 0.05) is 46.9 Å². The van der Waals surface area contributed by atoms with E-state index in [1.165, 1.54) is 0 Å². The second-order valence-corrected chi connectivity index (χ2v) is 19.0. The van der Waals surface area contributed by atoms with E-state index in [0.29, 0.717) is 14.3 Å². The van der Waals surface area contributed by atoms with Gasteiger partial charge in [-0.15, -0.1) is 0 Å². The predicted molar refractivity (Wildman–Crippen MR) is 261 cm³/mol. The summed E-state index contributed by atoms with van der Waals surface area (Å²) in [6.45, 7) is -4.76. The Hall–Kier alpha value is -0.390. The van der Waals surface area contributed by atoms with Crippen molar-refractivity contribution in [1.82, 2.24) is 26.0 Å². The number of aliphatic hydroxyl groups excluding tert-OH is 9. The number of anilines is 1. The fourth-order valence-electron chi connectivity index (χ4n) is 5.00. The summed E-state index contributed by atoms with van der Waals surface area (Å²) in [5.41, 5.74) is 2.70. The molecule has 0 bridgehead atoms. The largest absolute Gasteiger partial charge is 0.395 e. The lowest BCUT2D eigenvalue weighted by Gasteiger charge is -2.27. The van der Waals surface area contributed by atoms with Crippen LogP contribution in [0.4, 0.5) is 5.69 Å². The lowest BCUT2D eigenvalue weighted by Crippen LogP contribution is -2.50. The van der Waals surface area contributed by atoms with Crippen LogP contribution in [0.3, 0.4) is 0 Å². The van der Waals surface area contributed by atoms with Crippen molar-refractivity contribution < 1.29 is 69.9 Å². The van der Waals surface area contributed by atoms with E-state index in [4.69, 9.17) is 5.11 Å². The van der Waals surface area contributed by atoms with Gasteiger partial charge in [-0.05, 0) is 148 Å². The summed E-state index contributed by atoms with van der Waals surface area (Å²) >= 11 is 11.1. The highest BCUT2D eigenvalue weighted by Crippen LogP contribution is 2.36. The average Bonchev–Trinajstić information content (AvgIpc) is 3.18. The topological polar surface area (TPSA) is 322 Å². The number of carbonyl (C=O) groups excluding carboxylic acids is 5. The molecule has 59 heavy (non-hydrogen) atoms. The number of hydrogen-bond donors (Lipinski definition) is 13. The first kappa shape index (κ1) is 54.7. The summed E-state index contributed by atoms with van der Waals surface area (Å²) in [5.74, 6) is -3.68. The summed E-state index contributed by atoms with van der Waals surface area (Å²) in [6, 6.07) is 1.54. The van der Waals surface area contributed by atoms with Gasteiger partial charge >= 0.3 is 0 Å². The first-order chi connectivity index (χ1) is 27.8. The van der Waals surface area contributed by atoms with Crippen LogP contribution in [-0.2, 0) is 4.79 Å². The van der Waals surface area contributed by atoms with Crippen molar-refractivity contribution in [3.63, 3.8) is 0 Å². The van der Waals surface area contributed by atoms with Gasteiger partial charge < -0.3 is 66.8 Å². The van der Waals surface area contributed by atoms with Crippen LogP contribution in [0, 0.1) is 21.4 Å². The fraction of sp³-hybridized carbons (Fsp3) is 0.485. The van der Waals surface area contributed by atoms with E-state index in [-0.39, 0.29) is 74.1 Å². The van der Waals surface area contributed by atoms with Gasteiger partial charge in [0.2, 0.25) is 5.91 Å². The minimum atomic E-state index is -1.48. The van der Waals surface area contributed by atoms with Gasteiger partial charge in [0.25, 0.3) is 23.6 Å². The van der Waals surface area contributed by atoms with E-state index in [1.54, 1.807) is 51.2 Å². The molecule has 2 aromatic carbocycles. The summed E-state index contributed by atoms with van der Waals surface area (Å²) in [6.07, 6.45) is -5.94. The number of halogens is 6. The zero-order chi connectivity index (χ0) is 44.7. The lowest BCUT2D eigenvalue weighted by atomic mass is 10.1. The van der Waals surface area contributed by atoms with Crippen LogP contribution in [-0.4, -0.2) is 176 Å². The van der Waals surface area contributed by atoms with Gasteiger partial charge in [-0.2, -0.15) is 0 Å².